The third-order valence-electron chi connectivity index (χ3n) is 4.16. The summed E-state index contributed by atoms with van der Waals surface area (Å²) in [6.45, 7) is 1.32. The van der Waals surface area contributed by atoms with Crippen LogP contribution >= 0.6 is 0 Å². The Bertz CT molecular complexity index is 863. The Hall–Kier alpha value is -2.28. The van der Waals surface area contributed by atoms with Crippen molar-refractivity contribution in [1.29, 1.82) is 0 Å². The van der Waals surface area contributed by atoms with E-state index in [4.69, 9.17) is 0 Å². The van der Waals surface area contributed by atoms with Crippen LogP contribution < -0.4 is 5.32 Å². The van der Waals surface area contributed by atoms with Gasteiger partial charge in [0.05, 0.1) is 10.9 Å². The first kappa shape index (κ1) is 15.6. The van der Waals surface area contributed by atoms with Crippen LogP contribution in [0.5, 0.6) is 0 Å². The van der Waals surface area contributed by atoms with Crippen LogP contribution in [0.3, 0.4) is 0 Å². The van der Waals surface area contributed by atoms with Crippen molar-refractivity contribution in [3.63, 3.8) is 0 Å². The molecule has 1 N–H and O–H groups in total. The largest absolute Gasteiger partial charge is 0.346 e. The zero-order valence-corrected chi connectivity index (χ0v) is 12.9. The first-order chi connectivity index (χ1) is 10.8. The van der Waals surface area contributed by atoms with E-state index in [9.17, 15) is 22.0 Å². The van der Waals surface area contributed by atoms with Gasteiger partial charge in [0.25, 0.3) is 0 Å². The van der Waals surface area contributed by atoms with Crippen molar-refractivity contribution in [1.82, 2.24) is 5.32 Å². The molecule has 2 atom stereocenters. The molecule has 1 fully saturated rings. The molecule has 1 amide bonds. The van der Waals surface area contributed by atoms with Gasteiger partial charge in [-0.25, -0.2) is 17.2 Å². The van der Waals surface area contributed by atoms with E-state index in [1.54, 1.807) is 0 Å². The fourth-order valence-electron chi connectivity index (χ4n) is 2.66. The predicted molar refractivity (Wildman–Crippen MR) is 79.3 cm³/mol. The van der Waals surface area contributed by atoms with E-state index < -0.39 is 38.2 Å². The highest BCUT2D eigenvalue weighted by atomic mass is 32.2. The first-order valence-corrected chi connectivity index (χ1v) is 8.32. The van der Waals surface area contributed by atoms with Crippen LogP contribution in [-0.4, -0.2) is 19.1 Å². The fourth-order valence-corrected chi connectivity index (χ4v) is 4.45. The molecule has 23 heavy (non-hydrogen) atoms. The summed E-state index contributed by atoms with van der Waals surface area (Å²) in [5, 5.41) is 2.54. The molecule has 1 heterocycles. The molecule has 0 aromatic heterocycles. The first-order valence-electron chi connectivity index (χ1n) is 6.83. The molecular weight excluding hydrogens is 324 g/mol. The monoisotopic (exact) mass is 337 g/mol. The van der Waals surface area contributed by atoms with Gasteiger partial charge in [-0.3, -0.25) is 4.79 Å². The van der Waals surface area contributed by atoms with Crippen LogP contribution in [0.25, 0.3) is 0 Å². The minimum absolute atomic E-state index is 0.136. The number of hydrogen-bond donors (Lipinski definition) is 1. The van der Waals surface area contributed by atoms with Crippen molar-refractivity contribution < 1.29 is 22.0 Å². The summed E-state index contributed by atoms with van der Waals surface area (Å²) in [5.74, 6) is -1.67. The third kappa shape index (κ3) is 2.23. The van der Waals surface area contributed by atoms with E-state index in [0.29, 0.717) is 5.56 Å². The quantitative estimate of drug-likeness (QED) is 0.691. The van der Waals surface area contributed by atoms with E-state index in [1.807, 2.05) is 0 Å². The zero-order valence-electron chi connectivity index (χ0n) is 12.1. The summed E-state index contributed by atoms with van der Waals surface area (Å²) in [7, 11) is -4.05. The number of carbonyl (C=O) groups is 1. The van der Waals surface area contributed by atoms with Gasteiger partial charge in [0.1, 0.15) is 11.6 Å². The number of nitrogens with one attached hydrogen (secondary N) is 1. The Labute approximate surface area is 132 Å². The van der Waals surface area contributed by atoms with Crippen LogP contribution in [-0.2, 0) is 14.6 Å². The molecule has 0 spiro atoms. The number of hydrogen-bond acceptors (Lipinski definition) is 3. The summed E-state index contributed by atoms with van der Waals surface area (Å²) in [6, 6.07) is 8.77. The average Bonchev–Trinajstić information content (AvgIpc) is 2.53. The SMILES string of the molecule is C[C@]1(S(=O)(=O)c2ccc(F)cc2)C(=O)N[C@H]1c1ccc(F)cc1. The van der Waals surface area contributed by atoms with Crippen LogP contribution in [0.1, 0.15) is 18.5 Å². The molecule has 1 aliphatic rings. The molecular formula is C16H13F2NO3S. The maximum absolute atomic E-state index is 13.0. The number of sulfone groups is 1. The second-order valence-electron chi connectivity index (χ2n) is 5.52. The average molecular weight is 337 g/mol. The normalized spacial score (nSPS) is 24.0. The highest BCUT2D eigenvalue weighted by Gasteiger charge is 2.61. The van der Waals surface area contributed by atoms with Crippen LogP contribution in [0, 0.1) is 11.6 Å². The Kier molecular flexibility index (Phi) is 3.48. The van der Waals surface area contributed by atoms with Gasteiger partial charge in [-0.1, -0.05) is 12.1 Å². The van der Waals surface area contributed by atoms with Crippen molar-refractivity contribution in [2.45, 2.75) is 22.6 Å². The molecule has 120 valence electrons. The second-order valence-corrected chi connectivity index (χ2v) is 7.85. The van der Waals surface area contributed by atoms with Crippen molar-refractivity contribution in [2.75, 3.05) is 0 Å². The molecule has 0 unspecified atom stereocenters. The molecule has 0 aliphatic carbocycles. The van der Waals surface area contributed by atoms with E-state index in [0.717, 1.165) is 24.3 Å². The number of amides is 1. The van der Waals surface area contributed by atoms with Gasteiger partial charge >= 0.3 is 0 Å². The number of rotatable bonds is 3. The van der Waals surface area contributed by atoms with Gasteiger partial charge in [0.2, 0.25) is 5.91 Å². The van der Waals surface area contributed by atoms with Gasteiger partial charge in [0.15, 0.2) is 14.6 Å². The minimum atomic E-state index is -4.05. The zero-order chi connectivity index (χ0) is 16.8. The number of benzene rings is 2. The Balaban J connectivity index is 2.06. The molecule has 0 saturated carbocycles. The van der Waals surface area contributed by atoms with E-state index in [1.165, 1.54) is 31.2 Å². The van der Waals surface area contributed by atoms with Crippen molar-refractivity contribution >= 4 is 15.7 Å². The Morgan fingerprint density at radius 3 is 1.91 bits per heavy atom. The Morgan fingerprint density at radius 1 is 0.957 bits per heavy atom. The van der Waals surface area contributed by atoms with Crippen molar-refractivity contribution in [3.8, 4) is 0 Å². The van der Waals surface area contributed by atoms with Crippen LogP contribution in [0.4, 0.5) is 8.78 Å². The van der Waals surface area contributed by atoms with Crippen LogP contribution in [0.2, 0.25) is 0 Å². The van der Waals surface area contributed by atoms with Gasteiger partial charge in [-0.05, 0) is 48.9 Å². The van der Waals surface area contributed by atoms with Gasteiger partial charge in [-0.2, -0.15) is 0 Å². The maximum atomic E-state index is 13.0. The van der Waals surface area contributed by atoms with E-state index in [2.05, 4.69) is 5.32 Å². The second kappa shape index (κ2) is 5.13. The molecule has 2 aromatic rings. The van der Waals surface area contributed by atoms with Crippen LogP contribution in [0.15, 0.2) is 53.4 Å². The summed E-state index contributed by atoms with van der Waals surface area (Å²) in [6.07, 6.45) is 0. The lowest BCUT2D eigenvalue weighted by atomic mass is 9.85. The minimum Gasteiger partial charge on any atom is -0.346 e. The topological polar surface area (TPSA) is 63.2 Å². The standard InChI is InChI=1S/C16H13F2NO3S/c1-16(23(21,22)13-8-6-12(18)7-9-13)14(19-15(16)20)10-2-4-11(17)5-3-10/h2-9,14H,1H3,(H,19,20)/t14-,16+/m0/s1. The third-order valence-corrected chi connectivity index (χ3v) is 6.59. The summed E-state index contributed by atoms with van der Waals surface area (Å²) >= 11 is 0. The molecule has 2 aromatic carbocycles. The lowest BCUT2D eigenvalue weighted by molar-refractivity contribution is -0.132. The fraction of sp³-hybridized carbons (Fsp3) is 0.188. The lowest BCUT2D eigenvalue weighted by Crippen LogP contribution is -2.68. The number of carbonyl (C=O) groups excluding carboxylic acids is 1. The predicted octanol–water partition coefficient (Wildman–Crippen LogP) is 2.37. The molecule has 1 aliphatic heterocycles. The molecule has 4 nitrogen and oxygen atoms in total. The Morgan fingerprint density at radius 2 is 1.43 bits per heavy atom. The highest BCUT2D eigenvalue weighted by Crippen LogP contribution is 2.43. The molecule has 0 radical (unpaired) electrons. The van der Waals surface area contributed by atoms with Crippen molar-refractivity contribution in [2.24, 2.45) is 0 Å². The highest BCUT2D eigenvalue weighted by molar-refractivity contribution is 7.93. The van der Waals surface area contributed by atoms with Gasteiger partial charge < -0.3 is 5.32 Å². The summed E-state index contributed by atoms with van der Waals surface area (Å²) < 4.78 is 50.0. The molecule has 3 rings (SSSR count). The van der Waals surface area contributed by atoms with E-state index in [-0.39, 0.29) is 4.90 Å². The molecule has 0 bridgehead atoms. The summed E-state index contributed by atoms with van der Waals surface area (Å²) in [5.41, 5.74) is 0.485. The van der Waals surface area contributed by atoms with Gasteiger partial charge in [-0.15, -0.1) is 0 Å². The smallest absolute Gasteiger partial charge is 0.244 e. The maximum Gasteiger partial charge on any atom is 0.244 e. The van der Waals surface area contributed by atoms with Crippen molar-refractivity contribution in [3.05, 3.63) is 65.7 Å². The van der Waals surface area contributed by atoms with E-state index >= 15 is 0 Å². The van der Waals surface area contributed by atoms with Gasteiger partial charge in [0, 0.05) is 0 Å². The summed E-state index contributed by atoms with van der Waals surface area (Å²) in [4.78, 5) is 11.9. The molecule has 7 heteroatoms. The number of halogens is 2. The number of β-lactam (4-membered cyclic amide) rings is 1. The molecule has 1 saturated heterocycles. The lowest BCUT2D eigenvalue weighted by Gasteiger charge is -2.45.